The summed E-state index contributed by atoms with van der Waals surface area (Å²) in [5.41, 5.74) is 7.70. The van der Waals surface area contributed by atoms with Crippen LogP contribution in [-0.2, 0) is 21.4 Å². The zero-order valence-corrected chi connectivity index (χ0v) is 24.8. The Bertz CT molecular complexity index is 1530. The van der Waals surface area contributed by atoms with Gasteiger partial charge in [-0.1, -0.05) is 35.8 Å². The maximum atomic E-state index is 12.7. The molecular weight excluding hydrogens is 548 g/mol. The third-order valence-electron chi connectivity index (χ3n) is 7.53. The van der Waals surface area contributed by atoms with Crippen molar-refractivity contribution in [2.24, 2.45) is 11.1 Å². The molecule has 0 unspecified atom stereocenters. The second kappa shape index (κ2) is 9.90. The number of nitrogens with one attached hydrogen (secondary N) is 2. The van der Waals surface area contributed by atoms with Crippen LogP contribution in [0.5, 0.6) is 0 Å². The largest absolute Gasteiger partial charge is 0.444 e. The molecule has 41 heavy (non-hydrogen) atoms. The lowest BCUT2D eigenvalue weighted by molar-refractivity contribution is -0.129. The third kappa shape index (κ3) is 5.55. The van der Waals surface area contributed by atoms with E-state index in [0.717, 1.165) is 25.0 Å². The molecule has 3 aliphatic rings. The van der Waals surface area contributed by atoms with Crippen LogP contribution >= 0.6 is 11.6 Å². The van der Waals surface area contributed by atoms with E-state index in [-0.39, 0.29) is 45.9 Å². The van der Waals surface area contributed by atoms with Gasteiger partial charge in [0, 0.05) is 23.1 Å². The third-order valence-corrected chi connectivity index (χ3v) is 7.84. The van der Waals surface area contributed by atoms with Crippen molar-refractivity contribution in [3.8, 4) is 11.3 Å². The number of carbonyl (C=O) groups is 3. The molecule has 3 aliphatic carbocycles. The molecule has 2 heterocycles. The zero-order valence-electron chi connectivity index (χ0n) is 24.1. The first-order chi connectivity index (χ1) is 19.1. The first-order valence-electron chi connectivity index (χ1n) is 13.6. The molecule has 0 radical (unpaired) electrons. The van der Waals surface area contributed by atoms with Crippen LogP contribution in [0.3, 0.4) is 0 Å². The number of benzene rings is 1. The second-order valence-electron chi connectivity index (χ2n) is 12.8. The molecule has 0 aliphatic heterocycles. The van der Waals surface area contributed by atoms with Crippen molar-refractivity contribution in [1.29, 1.82) is 0 Å². The molecule has 3 fully saturated rings. The molecular formula is C29H35ClN6O5. The average Bonchev–Trinajstić information content (AvgIpc) is 3.40. The molecule has 0 spiro atoms. The number of hydrogen-bond acceptors (Lipinski definition) is 7. The maximum absolute atomic E-state index is 12.7. The summed E-state index contributed by atoms with van der Waals surface area (Å²) in [6.07, 6.45) is 2.61. The molecule has 11 nitrogen and oxygen atoms in total. The van der Waals surface area contributed by atoms with Gasteiger partial charge in [-0.2, -0.15) is 5.10 Å². The predicted molar refractivity (Wildman–Crippen MR) is 154 cm³/mol. The number of amides is 3. The van der Waals surface area contributed by atoms with Crippen molar-refractivity contribution in [3.05, 3.63) is 46.1 Å². The molecule has 12 heteroatoms. The molecule has 1 aromatic carbocycles. The molecule has 0 atom stereocenters. The van der Waals surface area contributed by atoms with Crippen molar-refractivity contribution in [2.45, 2.75) is 84.3 Å². The Labute approximate surface area is 243 Å². The van der Waals surface area contributed by atoms with E-state index < -0.39 is 17.6 Å². The van der Waals surface area contributed by atoms with Gasteiger partial charge in [-0.05, 0) is 70.9 Å². The monoisotopic (exact) mass is 582 g/mol. The van der Waals surface area contributed by atoms with Crippen LogP contribution in [0.15, 0.2) is 28.8 Å². The zero-order chi connectivity index (χ0) is 29.9. The van der Waals surface area contributed by atoms with Crippen molar-refractivity contribution < 1.29 is 23.6 Å². The molecule has 3 amide bonds. The van der Waals surface area contributed by atoms with Crippen LogP contribution in [0.4, 0.5) is 16.5 Å². The summed E-state index contributed by atoms with van der Waals surface area (Å²) in [6.45, 7) is 11.2. The van der Waals surface area contributed by atoms with Crippen LogP contribution in [0.1, 0.15) is 88.5 Å². The topological polar surface area (TPSA) is 154 Å². The van der Waals surface area contributed by atoms with Gasteiger partial charge in [-0.15, -0.1) is 0 Å². The van der Waals surface area contributed by atoms with Crippen LogP contribution in [-0.4, -0.2) is 38.4 Å². The van der Waals surface area contributed by atoms with Gasteiger partial charge in [0.25, 0.3) is 5.91 Å². The van der Waals surface area contributed by atoms with Gasteiger partial charge >= 0.3 is 6.09 Å². The second-order valence-corrected chi connectivity index (χ2v) is 13.2. The summed E-state index contributed by atoms with van der Waals surface area (Å²) in [5.74, 6) is -0.655. The minimum absolute atomic E-state index is 0.00390. The Morgan fingerprint density at radius 3 is 2.41 bits per heavy atom. The molecule has 218 valence electrons. The van der Waals surface area contributed by atoms with Crippen LogP contribution in [0, 0.1) is 5.41 Å². The molecule has 2 aromatic heterocycles. The first-order valence-corrected chi connectivity index (χ1v) is 13.9. The normalized spacial score (nSPS) is 21.2. The Hall–Kier alpha value is -3.86. The number of ether oxygens (including phenoxy) is 1. The Morgan fingerprint density at radius 1 is 1.17 bits per heavy atom. The van der Waals surface area contributed by atoms with Gasteiger partial charge < -0.3 is 15.0 Å². The fourth-order valence-corrected chi connectivity index (χ4v) is 6.42. The highest BCUT2D eigenvalue weighted by atomic mass is 35.5. The Balaban J connectivity index is 1.34. The summed E-state index contributed by atoms with van der Waals surface area (Å²) in [7, 11) is 0. The fraction of sp³-hybridized carbons (Fsp3) is 0.483. The van der Waals surface area contributed by atoms with Gasteiger partial charge in [-0.25, -0.2) is 9.48 Å². The van der Waals surface area contributed by atoms with E-state index in [1.54, 1.807) is 39.0 Å². The van der Waals surface area contributed by atoms with Crippen LogP contribution < -0.4 is 16.4 Å². The quantitative estimate of drug-likeness (QED) is 0.301. The first kappa shape index (κ1) is 28.7. The van der Waals surface area contributed by atoms with Crippen LogP contribution in [0.25, 0.3) is 11.3 Å². The number of hydrogen-bond donors (Lipinski definition) is 3. The van der Waals surface area contributed by atoms with Crippen molar-refractivity contribution in [2.75, 3.05) is 10.6 Å². The summed E-state index contributed by atoms with van der Waals surface area (Å²) < 4.78 is 12.2. The van der Waals surface area contributed by atoms with E-state index in [9.17, 15) is 14.4 Å². The fourth-order valence-electron chi connectivity index (χ4n) is 6.13. The minimum Gasteiger partial charge on any atom is -0.444 e. The highest BCUT2D eigenvalue weighted by molar-refractivity contribution is 6.33. The number of anilines is 2. The molecule has 2 bridgehead atoms. The van der Waals surface area contributed by atoms with E-state index in [0.29, 0.717) is 22.4 Å². The number of rotatable bonds is 8. The molecule has 0 saturated heterocycles. The lowest BCUT2D eigenvalue weighted by Gasteiger charge is -2.68. The van der Waals surface area contributed by atoms with Gasteiger partial charge in [0.2, 0.25) is 11.8 Å². The highest BCUT2D eigenvalue weighted by Crippen LogP contribution is 2.73. The summed E-state index contributed by atoms with van der Waals surface area (Å²) >= 11 is 6.64. The summed E-state index contributed by atoms with van der Waals surface area (Å²) in [5, 5.41) is 14.4. The van der Waals surface area contributed by atoms with E-state index in [1.807, 2.05) is 19.9 Å². The SMILES string of the molecule is CC(C)n1nc(-c2ccc(CC(=O)Nc3cc(C45CC(C)(C4)C5)no3)cc2Cl)c(C(N)=O)c1NC(=O)OC(C)(C)C. The van der Waals surface area contributed by atoms with E-state index in [1.165, 1.54) is 4.68 Å². The number of nitrogens with two attached hydrogens (primary N) is 1. The Kier molecular flexibility index (Phi) is 6.92. The van der Waals surface area contributed by atoms with Crippen molar-refractivity contribution >= 4 is 41.2 Å². The number of nitrogens with zero attached hydrogens (tertiary/aromatic N) is 3. The van der Waals surface area contributed by atoms with Crippen LogP contribution in [0.2, 0.25) is 5.02 Å². The van der Waals surface area contributed by atoms with Gasteiger partial charge in [-0.3, -0.25) is 20.2 Å². The molecule has 6 rings (SSSR count). The van der Waals surface area contributed by atoms with E-state index >= 15 is 0 Å². The van der Waals surface area contributed by atoms with E-state index in [2.05, 4.69) is 27.8 Å². The summed E-state index contributed by atoms with van der Waals surface area (Å²) in [6, 6.07) is 6.59. The number of carbonyl (C=O) groups excluding carboxylic acids is 3. The van der Waals surface area contributed by atoms with Crippen molar-refractivity contribution in [3.63, 3.8) is 0 Å². The van der Waals surface area contributed by atoms with Gasteiger partial charge in [0.1, 0.15) is 22.7 Å². The smallest absolute Gasteiger partial charge is 0.413 e. The minimum atomic E-state index is -0.795. The lowest BCUT2D eigenvalue weighted by atomic mass is 9.35. The highest BCUT2D eigenvalue weighted by Gasteiger charge is 2.66. The molecule has 3 saturated carbocycles. The van der Waals surface area contributed by atoms with Crippen molar-refractivity contribution in [1.82, 2.24) is 14.9 Å². The van der Waals surface area contributed by atoms with E-state index in [4.69, 9.17) is 26.6 Å². The number of aromatic nitrogens is 3. The van der Waals surface area contributed by atoms with Gasteiger partial charge in [0.15, 0.2) is 0 Å². The maximum Gasteiger partial charge on any atom is 0.413 e. The number of halogens is 1. The molecule has 3 aromatic rings. The standard InChI is InChI=1S/C29H35ClN6O5/c1-15(2)36-25(33-26(39)40-27(3,4)5)22(24(31)38)23(34-36)17-8-7-16(9-18(17)30)10-20(37)32-21-11-19(35-41-21)29-12-28(6,13-29)14-29/h7-9,11,15H,10,12-14H2,1-6H3,(H2,31,38)(H,32,37)(H,33,39). The van der Waals surface area contributed by atoms with Gasteiger partial charge in [0.05, 0.1) is 17.1 Å². The number of primary amides is 1. The molecule has 4 N–H and O–H groups in total. The average molecular weight is 583 g/mol. The Morgan fingerprint density at radius 2 is 1.85 bits per heavy atom. The predicted octanol–water partition coefficient (Wildman–Crippen LogP) is 5.84. The lowest BCUT2D eigenvalue weighted by Crippen LogP contribution is -2.62. The summed E-state index contributed by atoms with van der Waals surface area (Å²) in [4.78, 5) is 37.9.